The van der Waals surface area contributed by atoms with E-state index in [1.807, 2.05) is 32.0 Å². The molecule has 0 aliphatic carbocycles. The van der Waals surface area contributed by atoms with E-state index in [0.29, 0.717) is 45.8 Å². The van der Waals surface area contributed by atoms with Crippen molar-refractivity contribution in [2.24, 2.45) is 5.10 Å². The first-order valence-electron chi connectivity index (χ1n) is 13.0. The van der Waals surface area contributed by atoms with Crippen LogP contribution in [-0.4, -0.2) is 35.5 Å². The fraction of sp³-hybridized carbons (Fsp3) is 0.226. The molecule has 10 heteroatoms. The van der Waals surface area contributed by atoms with E-state index in [9.17, 15) is 14.0 Å². The van der Waals surface area contributed by atoms with E-state index in [0.717, 1.165) is 10.9 Å². The average molecular weight is 622 g/mol. The highest BCUT2D eigenvalue weighted by Crippen LogP contribution is 2.33. The summed E-state index contributed by atoms with van der Waals surface area (Å²) in [5, 5.41) is 7.49. The molecule has 0 unspecified atom stereocenters. The largest absolute Gasteiger partial charge is 0.493 e. The van der Waals surface area contributed by atoms with Gasteiger partial charge in [0.15, 0.2) is 18.1 Å². The number of carbonyl (C=O) groups excluding carboxylic acids is 1. The summed E-state index contributed by atoms with van der Waals surface area (Å²) in [6.45, 7) is 7.47. The van der Waals surface area contributed by atoms with Gasteiger partial charge in [-0.25, -0.2) is 9.37 Å². The minimum atomic E-state index is -0.542. The van der Waals surface area contributed by atoms with E-state index in [4.69, 9.17) is 14.5 Å². The zero-order valence-electron chi connectivity index (χ0n) is 23.0. The van der Waals surface area contributed by atoms with Crippen molar-refractivity contribution in [1.29, 1.82) is 0 Å². The molecular weight excluding hydrogens is 591 g/mol. The highest BCUT2D eigenvalue weighted by atomic mass is 79.9. The lowest BCUT2D eigenvalue weighted by Gasteiger charge is -2.16. The molecule has 1 atom stereocenters. The Hall–Kier alpha value is -4.31. The summed E-state index contributed by atoms with van der Waals surface area (Å²) in [5.41, 5.74) is 1.72. The normalized spacial score (nSPS) is 11.9. The van der Waals surface area contributed by atoms with Gasteiger partial charge in [0.05, 0.1) is 29.9 Å². The third-order valence-corrected chi connectivity index (χ3v) is 6.94. The van der Waals surface area contributed by atoms with Crippen LogP contribution in [0.3, 0.4) is 0 Å². The molecule has 4 aromatic rings. The van der Waals surface area contributed by atoms with E-state index < -0.39 is 11.7 Å². The predicted molar refractivity (Wildman–Crippen MR) is 163 cm³/mol. The number of ether oxygens (including phenoxy) is 2. The monoisotopic (exact) mass is 620 g/mol. The van der Waals surface area contributed by atoms with E-state index in [1.165, 1.54) is 30.0 Å². The third kappa shape index (κ3) is 6.89. The fourth-order valence-electron chi connectivity index (χ4n) is 4.17. The number of amides is 1. The van der Waals surface area contributed by atoms with E-state index >= 15 is 0 Å². The van der Waals surface area contributed by atoms with Crippen molar-refractivity contribution in [3.63, 3.8) is 0 Å². The number of hydrogen-bond donors (Lipinski definition) is 1. The first kappa shape index (κ1) is 29.7. The van der Waals surface area contributed by atoms with Gasteiger partial charge in [-0.1, -0.05) is 48.0 Å². The Balaban J connectivity index is 1.67. The van der Waals surface area contributed by atoms with Crippen LogP contribution in [0.1, 0.15) is 43.1 Å². The first-order valence-corrected chi connectivity index (χ1v) is 13.8. The zero-order chi connectivity index (χ0) is 29.5. The molecule has 1 N–H and O–H groups in total. The number of fused-ring (bicyclic) bond motifs is 1. The van der Waals surface area contributed by atoms with Crippen molar-refractivity contribution < 1.29 is 18.7 Å². The second-order valence-corrected chi connectivity index (χ2v) is 10.2. The molecule has 4 rings (SSSR count). The van der Waals surface area contributed by atoms with Crippen LogP contribution in [0.4, 0.5) is 10.1 Å². The Morgan fingerprint density at radius 3 is 2.73 bits per heavy atom. The number of carbonyl (C=O) groups is 1. The van der Waals surface area contributed by atoms with Crippen LogP contribution in [0, 0.1) is 5.82 Å². The quantitative estimate of drug-likeness (QED) is 0.154. The van der Waals surface area contributed by atoms with Gasteiger partial charge >= 0.3 is 0 Å². The summed E-state index contributed by atoms with van der Waals surface area (Å²) in [4.78, 5) is 30.7. The predicted octanol–water partition coefficient (Wildman–Crippen LogP) is 6.45. The number of para-hydroxylation sites is 1. The molecule has 41 heavy (non-hydrogen) atoms. The molecule has 8 nitrogen and oxygen atoms in total. The minimum absolute atomic E-state index is 0.00922. The Labute approximate surface area is 245 Å². The van der Waals surface area contributed by atoms with Crippen molar-refractivity contribution in [2.75, 3.05) is 19.0 Å². The topological polar surface area (TPSA) is 94.8 Å². The SMILES string of the molecule is C=CCc1cc(C=Nn2c([C@@H](C)CC)nc3ccc(Br)cc3c2=O)cc(OC)c1OCC(=O)Nc1ccccc1F. The van der Waals surface area contributed by atoms with Gasteiger partial charge in [-0.15, -0.1) is 6.58 Å². The molecule has 0 aliphatic rings. The van der Waals surface area contributed by atoms with Crippen LogP contribution in [0.5, 0.6) is 11.5 Å². The van der Waals surface area contributed by atoms with E-state index in [-0.39, 0.29) is 23.8 Å². The Kier molecular flexibility index (Phi) is 9.67. The number of halogens is 2. The maximum Gasteiger partial charge on any atom is 0.282 e. The number of rotatable bonds is 11. The standard InChI is InChI=1S/C31H30BrFN4O4/c1-5-9-21-14-20(15-27(40-4)29(21)41-18-28(38)35-26-11-8-7-10-24(26)33)17-34-37-30(19(3)6-2)36-25-13-12-22(32)16-23(25)31(37)39/h5,7-8,10-17,19H,1,6,9,18H2,2-4H3,(H,35,38)/t19-/m0/s1. The highest BCUT2D eigenvalue weighted by molar-refractivity contribution is 9.10. The lowest BCUT2D eigenvalue weighted by atomic mass is 10.1. The molecule has 212 valence electrons. The molecule has 1 amide bonds. The second kappa shape index (κ2) is 13.4. The summed E-state index contributed by atoms with van der Waals surface area (Å²) in [5.74, 6) is 0.189. The van der Waals surface area contributed by atoms with Crippen LogP contribution in [0.15, 0.2) is 81.6 Å². The summed E-state index contributed by atoms with van der Waals surface area (Å²) in [6.07, 6.45) is 4.44. The number of benzene rings is 3. The molecule has 0 saturated heterocycles. The van der Waals surface area contributed by atoms with Gasteiger partial charge in [-0.3, -0.25) is 9.59 Å². The van der Waals surface area contributed by atoms with Gasteiger partial charge in [0.25, 0.3) is 11.5 Å². The van der Waals surface area contributed by atoms with Gasteiger partial charge < -0.3 is 14.8 Å². The molecule has 0 spiro atoms. The first-order chi connectivity index (χ1) is 19.7. The lowest BCUT2D eigenvalue weighted by Crippen LogP contribution is -2.23. The van der Waals surface area contributed by atoms with Crippen molar-refractivity contribution in [3.8, 4) is 11.5 Å². The van der Waals surface area contributed by atoms with Crippen LogP contribution in [0.25, 0.3) is 10.9 Å². The number of nitrogens with zero attached hydrogens (tertiary/aromatic N) is 3. The highest BCUT2D eigenvalue weighted by Gasteiger charge is 2.17. The van der Waals surface area contributed by atoms with Crippen molar-refractivity contribution in [3.05, 3.63) is 105 Å². The number of aromatic nitrogens is 2. The van der Waals surface area contributed by atoms with Crippen LogP contribution < -0.4 is 20.3 Å². The molecule has 0 saturated carbocycles. The smallest absolute Gasteiger partial charge is 0.282 e. The average Bonchev–Trinajstić information content (AvgIpc) is 2.97. The molecule has 3 aromatic carbocycles. The molecular formula is C31H30BrFN4O4. The fourth-order valence-corrected chi connectivity index (χ4v) is 4.53. The summed E-state index contributed by atoms with van der Waals surface area (Å²) >= 11 is 3.42. The maximum absolute atomic E-state index is 13.9. The number of allylic oxidation sites excluding steroid dienone is 1. The minimum Gasteiger partial charge on any atom is -0.493 e. The van der Waals surface area contributed by atoms with Gasteiger partial charge in [-0.05, 0) is 60.9 Å². The van der Waals surface area contributed by atoms with Crippen LogP contribution in [-0.2, 0) is 11.2 Å². The molecule has 1 heterocycles. The van der Waals surface area contributed by atoms with E-state index in [2.05, 4.69) is 32.9 Å². The Morgan fingerprint density at radius 2 is 2.02 bits per heavy atom. The van der Waals surface area contributed by atoms with Gasteiger partial charge in [-0.2, -0.15) is 9.78 Å². The number of methoxy groups -OCH3 is 1. The molecule has 1 aromatic heterocycles. The molecule has 0 radical (unpaired) electrons. The number of anilines is 1. The van der Waals surface area contributed by atoms with Crippen molar-refractivity contribution >= 4 is 44.6 Å². The summed E-state index contributed by atoms with van der Waals surface area (Å²) in [6, 6.07) is 14.8. The molecule has 0 fully saturated rings. The van der Waals surface area contributed by atoms with Crippen LogP contribution >= 0.6 is 15.9 Å². The second-order valence-electron chi connectivity index (χ2n) is 9.32. The Morgan fingerprint density at radius 1 is 1.24 bits per heavy atom. The summed E-state index contributed by atoms with van der Waals surface area (Å²) in [7, 11) is 1.48. The van der Waals surface area contributed by atoms with Crippen LogP contribution in [0.2, 0.25) is 0 Å². The molecule has 0 aliphatic heterocycles. The summed E-state index contributed by atoms with van der Waals surface area (Å²) < 4.78 is 27.4. The Bertz CT molecular complexity index is 1690. The zero-order valence-corrected chi connectivity index (χ0v) is 24.6. The van der Waals surface area contributed by atoms with Crippen molar-refractivity contribution in [2.45, 2.75) is 32.6 Å². The van der Waals surface area contributed by atoms with E-state index in [1.54, 1.807) is 30.5 Å². The third-order valence-electron chi connectivity index (χ3n) is 6.44. The molecule has 0 bridgehead atoms. The lowest BCUT2D eigenvalue weighted by molar-refractivity contribution is -0.118. The number of nitrogens with one attached hydrogen (secondary N) is 1. The van der Waals surface area contributed by atoms with Gasteiger partial charge in [0.1, 0.15) is 11.6 Å². The van der Waals surface area contributed by atoms with Gasteiger partial charge in [0.2, 0.25) is 0 Å². The van der Waals surface area contributed by atoms with Gasteiger partial charge in [0, 0.05) is 16.0 Å². The van der Waals surface area contributed by atoms with Crippen molar-refractivity contribution in [1.82, 2.24) is 9.66 Å². The maximum atomic E-state index is 13.9. The number of hydrogen-bond acceptors (Lipinski definition) is 6.